The second kappa shape index (κ2) is 7.44. The molecule has 0 spiro atoms. The van der Waals surface area contributed by atoms with Gasteiger partial charge in [0.15, 0.2) is 0 Å². The molecule has 2 aliphatic rings. The summed E-state index contributed by atoms with van der Waals surface area (Å²) in [4.78, 5) is 38.6. The smallest absolute Gasteiger partial charge is 0.253 e. The maximum atomic E-state index is 12.9. The summed E-state index contributed by atoms with van der Waals surface area (Å²) in [5, 5.41) is 6.00. The van der Waals surface area contributed by atoms with E-state index in [1.165, 1.54) is 0 Å². The van der Waals surface area contributed by atoms with Crippen LogP contribution in [0.4, 0.5) is 11.5 Å². The van der Waals surface area contributed by atoms with Gasteiger partial charge in [0.05, 0.1) is 5.39 Å². The first-order valence-corrected chi connectivity index (χ1v) is 10.7. The van der Waals surface area contributed by atoms with Gasteiger partial charge >= 0.3 is 0 Å². The van der Waals surface area contributed by atoms with Crippen molar-refractivity contribution in [2.45, 2.75) is 12.8 Å². The molecule has 7 nitrogen and oxygen atoms in total. The van der Waals surface area contributed by atoms with Gasteiger partial charge in [-0.3, -0.25) is 9.59 Å². The van der Waals surface area contributed by atoms with Crippen molar-refractivity contribution >= 4 is 44.9 Å². The highest BCUT2D eigenvalue weighted by molar-refractivity contribution is 7.16. The van der Waals surface area contributed by atoms with Crippen LogP contribution in [0.2, 0.25) is 0 Å². The minimum absolute atomic E-state index is 0.0214. The summed E-state index contributed by atoms with van der Waals surface area (Å²) in [6.07, 6.45) is 3.55. The summed E-state index contributed by atoms with van der Waals surface area (Å²) in [5.74, 6) is 1.20. The Bertz CT molecular complexity index is 1050. The van der Waals surface area contributed by atoms with Crippen molar-refractivity contribution in [2.24, 2.45) is 5.92 Å². The largest absolute Gasteiger partial charge is 0.352 e. The fourth-order valence-corrected chi connectivity index (χ4v) is 4.35. The zero-order valence-electron chi connectivity index (χ0n) is 15.9. The normalized spacial score (nSPS) is 16.8. The number of nitrogens with zero attached hydrogens (tertiary/aromatic N) is 4. The van der Waals surface area contributed by atoms with Gasteiger partial charge in [-0.05, 0) is 48.6 Å². The second-order valence-electron chi connectivity index (χ2n) is 7.46. The first-order valence-electron chi connectivity index (χ1n) is 9.82. The average molecular weight is 407 g/mol. The molecule has 2 fully saturated rings. The number of hydrogen-bond donors (Lipinski definition) is 1. The molecule has 0 bridgehead atoms. The molecule has 1 aliphatic heterocycles. The van der Waals surface area contributed by atoms with Crippen LogP contribution in [0.25, 0.3) is 10.2 Å². The Kier molecular flexibility index (Phi) is 4.63. The van der Waals surface area contributed by atoms with E-state index in [0.29, 0.717) is 18.7 Å². The van der Waals surface area contributed by atoms with Gasteiger partial charge in [-0.1, -0.05) is 0 Å². The lowest BCUT2D eigenvalue weighted by atomic mass is 10.1. The molecule has 3 heterocycles. The van der Waals surface area contributed by atoms with E-state index >= 15 is 0 Å². The maximum absolute atomic E-state index is 12.9. The number of rotatable bonds is 4. The fraction of sp³-hybridized carbons (Fsp3) is 0.333. The monoisotopic (exact) mass is 407 g/mol. The van der Waals surface area contributed by atoms with Gasteiger partial charge in [0.1, 0.15) is 17.0 Å². The standard InChI is InChI=1S/C21H21N5O2S/c27-19(14-1-2-14)24-16-5-3-15(4-6-16)21(28)26-10-8-25(9-11-26)18-17-7-12-29-20(17)23-13-22-18/h3-7,12-14H,1-2,8-11H2,(H,24,27). The predicted molar refractivity (Wildman–Crippen MR) is 113 cm³/mol. The van der Waals surface area contributed by atoms with Crippen LogP contribution in [0, 0.1) is 5.92 Å². The zero-order valence-corrected chi connectivity index (χ0v) is 16.7. The molecule has 3 aromatic rings. The number of aromatic nitrogens is 2. The molecule has 148 valence electrons. The van der Waals surface area contributed by atoms with Crippen LogP contribution in [0.3, 0.4) is 0 Å². The minimum atomic E-state index is 0.0214. The van der Waals surface area contributed by atoms with E-state index in [2.05, 4.69) is 26.3 Å². The molecular weight excluding hydrogens is 386 g/mol. The maximum Gasteiger partial charge on any atom is 0.253 e. The molecule has 0 unspecified atom stereocenters. The van der Waals surface area contributed by atoms with Crippen molar-refractivity contribution in [3.05, 3.63) is 47.6 Å². The molecule has 29 heavy (non-hydrogen) atoms. The Balaban J connectivity index is 1.22. The summed E-state index contributed by atoms with van der Waals surface area (Å²) >= 11 is 1.61. The highest BCUT2D eigenvalue weighted by Crippen LogP contribution is 2.30. The van der Waals surface area contributed by atoms with Gasteiger partial charge in [-0.2, -0.15) is 0 Å². The highest BCUT2D eigenvalue weighted by Gasteiger charge is 2.29. The van der Waals surface area contributed by atoms with Gasteiger partial charge in [0, 0.05) is 43.3 Å². The number of nitrogens with one attached hydrogen (secondary N) is 1. The molecule has 0 radical (unpaired) electrons. The van der Waals surface area contributed by atoms with E-state index in [4.69, 9.17) is 0 Å². The van der Waals surface area contributed by atoms with Crippen LogP contribution in [-0.2, 0) is 4.79 Å². The van der Waals surface area contributed by atoms with Crippen molar-refractivity contribution in [1.29, 1.82) is 0 Å². The summed E-state index contributed by atoms with van der Waals surface area (Å²) < 4.78 is 0. The van der Waals surface area contributed by atoms with Crippen molar-refractivity contribution in [3.63, 3.8) is 0 Å². The molecule has 5 rings (SSSR count). The number of carbonyl (C=O) groups is 2. The van der Waals surface area contributed by atoms with E-state index in [9.17, 15) is 9.59 Å². The lowest BCUT2D eigenvalue weighted by Crippen LogP contribution is -2.49. The molecule has 1 aliphatic carbocycles. The van der Waals surface area contributed by atoms with E-state index in [-0.39, 0.29) is 17.7 Å². The molecule has 1 aromatic carbocycles. The third-order valence-electron chi connectivity index (χ3n) is 5.45. The third kappa shape index (κ3) is 3.67. The van der Waals surface area contributed by atoms with Crippen molar-refractivity contribution < 1.29 is 9.59 Å². The number of anilines is 2. The second-order valence-corrected chi connectivity index (χ2v) is 8.35. The lowest BCUT2D eigenvalue weighted by molar-refractivity contribution is -0.117. The summed E-state index contributed by atoms with van der Waals surface area (Å²) in [7, 11) is 0. The fourth-order valence-electron chi connectivity index (χ4n) is 3.62. The Morgan fingerprint density at radius 2 is 1.76 bits per heavy atom. The predicted octanol–water partition coefficient (Wildman–Crippen LogP) is 3.00. The van der Waals surface area contributed by atoms with Gasteiger partial charge in [-0.25, -0.2) is 9.97 Å². The molecule has 1 saturated heterocycles. The third-order valence-corrected chi connectivity index (χ3v) is 6.28. The van der Waals surface area contributed by atoms with Crippen LogP contribution in [0.5, 0.6) is 0 Å². The summed E-state index contributed by atoms with van der Waals surface area (Å²) in [6.45, 7) is 2.77. The topological polar surface area (TPSA) is 78.4 Å². The number of fused-ring (bicyclic) bond motifs is 1. The summed E-state index contributed by atoms with van der Waals surface area (Å²) in [5.41, 5.74) is 1.39. The SMILES string of the molecule is O=C(Nc1ccc(C(=O)N2CCN(c3ncnc4sccc34)CC2)cc1)C1CC1. The van der Waals surface area contributed by atoms with Gasteiger partial charge in [-0.15, -0.1) is 11.3 Å². The molecule has 2 aromatic heterocycles. The Morgan fingerprint density at radius 1 is 1.00 bits per heavy atom. The number of benzene rings is 1. The van der Waals surface area contributed by atoms with Gasteiger partial charge in [0.25, 0.3) is 5.91 Å². The Morgan fingerprint density at radius 3 is 2.48 bits per heavy atom. The van der Waals surface area contributed by atoms with Crippen LogP contribution >= 0.6 is 11.3 Å². The van der Waals surface area contributed by atoms with E-state index in [1.807, 2.05) is 10.3 Å². The van der Waals surface area contributed by atoms with Crippen LogP contribution < -0.4 is 10.2 Å². The number of amides is 2. The lowest BCUT2D eigenvalue weighted by Gasteiger charge is -2.35. The van der Waals surface area contributed by atoms with Crippen LogP contribution in [-0.4, -0.2) is 52.9 Å². The quantitative estimate of drug-likeness (QED) is 0.719. The van der Waals surface area contributed by atoms with Crippen LogP contribution in [0.1, 0.15) is 23.2 Å². The first-order chi connectivity index (χ1) is 14.2. The molecule has 2 amide bonds. The summed E-state index contributed by atoms with van der Waals surface area (Å²) in [6, 6.07) is 9.24. The number of carbonyl (C=O) groups excluding carboxylic acids is 2. The van der Waals surface area contributed by atoms with Crippen molar-refractivity contribution in [1.82, 2.24) is 14.9 Å². The van der Waals surface area contributed by atoms with Crippen LogP contribution in [0.15, 0.2) is 42.0 Å². The number of piperazine rings is 1. The van der Waals surface area contributed by atoms with Gasteiger partial charge in [0.2, 0.25) is 5.91 Å². The van der Waals surface area contributed by atoms with E-state index in [1.54, 1.807) is 41.9 Å². The molecule has 0 atom stereocenters. The van der Waals surface area contributed by atoms with Crippen molar-refractivity contribution in [2.75, 3.05) is 36.4 Å². The number of thiophene rings is 1. The Hall–Kier alpha value is -3.00. The van der Waals surface area contributed by atoms with Crippen molar-refractivity contribution in [3.8, 4) is 0 Å². The highest BCUT2D eigenvalue weighted by atomic mass is 32.1. The minimum Gasteiger partial charge on any atom is -0.352 e. The number of hydrogen-bond acceptors (Lipinski definition) is 6. The van der Waals surface area contributed by atoms with Gasteiger partial charge < -0.3 is 15.1 Å². The molecular formula is C21H21N5O2S. The first kappa shape index (κ1) is 18.1. The average Bonchev–Trinajstić information content (AvgIpc) is 3.51. The van der Waals surface area contributed by atoms with E-state index in [0.717, 1.165) is 47.7 Å². The molecule has 8 heteroatoms. The van der Waals surface area contributed by atoms with E-state index < -0.39 is 0 Å². The molecule has 1 saturated carbocycles. The Labute approximate surface area is 172 Å². The molecule has 1 N–H and O–H groups in total. The zero-order chi connectivity index (χ0) is 19.8.